The number of aryl methyl sites for hydroxylation is 1. The van der Waals surface area contributed by atoms with Crippen molar-refractivity contribution in [3.05, 3.63) is 23.8 Å². The average molecular weight is 247 g/mol. The van der Waals surface area contributed by atoms with Crippen molar-refractivity contribution in [1.82, 2.24) is 0 Å². The second kappa shape index (κ2) is 4.42. The number of fused-ring (bicyclic) bond motifs is 1. The molecule has 0 atom stereocenters. The molecule has 0 radical (unpaired) electrons. The monoisotopic (exact) mass is 247 g/mol. The van der Waals surface area contributed by atoms with Crippen molar-refractivity contribution >= 4 is 23.2 Å². The first kappa shape index (κ1) is 12.6. The number of nitrogens with one attached hydrogen (secondary N) is 2. The van der Waals surface area contributed by atoms with Crippen LogP contribution >= 0.6 is 0 Å². The van der Waals surface area contributed by atoms with Crippen LogP contribution in [0.1, 0.15) is 25.8 Å². The molecule has 5 nitrogen and oxygen atoms in total. The number of nitrogens with two attached hydrogens (primary N) is 1. The van der Waals surface area contributed by atoms with Gasteiger partial charge in [0.05, 0.1) is 5.54 Å². The summed E-state index contributed by atoms with van der Waals surface area (Å²) in [7, 11) is 0. The zero-order valence-corrected chi connectivity index (χ0v) is 10.5. The first-order valence-corrected chi connectivity index (χ1v) is 5.89. The van der Waals surface area contributed by atoms with E-state index < -0.39 is 5.54 Å². The van der Waals surface area contributed by atoms with Gasteiger partial charge in [-0.1, -0.05) is 0 Å². The molecule has 1 aromatic carbocycles. The van der Waals surface area contributed by atoms with E-state index >= 15 is 0 Å². The SMILES string of the molecule is CC(C)(N)C(=O)Nc1ccc2c(c1)CCC(=O)N2. The van der Waals surface area contributed by atoms with Gasteiger partial charge in [-0.25, -0.2) is 0 Å². The van der Waals surface area contributed by atoms with E-state index in [1.54, 1.807) is 26.0 Å². The lowest BCUT2D eigenvalue weighted by atomic mass is 10.0. The van der Waals surface area contributed by atoms with E-state index in [4.69, 9.17) is 5.73 Å². The molecule has 1 aliphatic heterocycles. The first-order valence-electron chi connectivity index (χ1n) is 5.89. The van der Waals surface area contributed by atoms with Crippen LogP contribution in [0.3, 0.4) is 0 Å². The van der Waals surface area contributed by atoms with Gasteiger partial charge in [-0.2, -0.15) is 0 Å². The number of hydrogen-bond acceptors (Lipinski definition) is 3. The van der Waals surface area contributed by atoms with Gasteiger partial charge in [-0.05, 0) is 44.0 Å². The fourth-order valence-corrected chi connectivity index (χ4v) is 1.75. The average Bonchev–Trinajstić information content (AvgIpc) is 2.28. The van der Waals surface area contributed by atoms with Gasteiger partial charge in [0.25, 0.3) is 0 Å². The molecule has 5 heteroatoms. The third kappa shape index (κ3) is 2.68. The summed E-state index contributed by atoms with van der Waals surface area (Å²) in [6, 6.07) is 5.43. The summed E-state index contributed by atoms with van der Waals surface area (Å²) in [5.74, 6) is -0.204. The molecular weight excluding hydrogens is 230 g/mol. The Kier molecular flexibility index (Phi) is 3.09. The Labute approximate surface area is 106 Å². The van der Waals surface area contributed by atoms with E-state index in [2.05, 4.69) is 10.6 Å². The van der Waals surface area contributed by atoms with Gasteiger partial charge < -0.3 is 16.4 Å². The Hall–Kier alpha value is -1.88. The van der Waals surface area contributed by atoms with Crippen LogP contribution in [0.4, 0.5) is 11.4 Å². The molecule has 0 saturated carbocycles. The van der Waals surface area contributed by atoms with E-state index in [0.29, 0.717) is 18.5 Å². The van der Waals surface area contributed by atoms with Crippen molar-refractivity contribution in [2.45, 2.75) is 32.2 Å². The Balaban J connectivity index is 2.17. The summed E-state index contributed by atoms with van der Waals surface area (Å²) >= 11 is 0. The summed E-state index contributed by atoms with van der Waals surface area (Å²) in [6.07, 6.45) is 1.17. The van der Waals surface area contributed by atoms with Crippen molar-refractivity contribution in [2.24, 2.45) is 5.73 Å². The van der Waals surface area contributed by atoms with E-state index in [0.717, 1.165) is 11.3 Å². The van der Waals surface area contributed by atoms with Gasteiger partial charge in [0.15, 0.2) is 0 Å². The molecule has 0 fully saturated rings. The Morgan fingerprint density at radius 2 is 2.11 bits per heavy atom. The number of carbonyl (C=O) groups is 2. The van der Waals surface area contributed by atoms with Crippen LogP contribution in [0.2, 0.25) is 0 Å². The maximum atomic E-state index is 11.7. The summed E-state index contributed by atoms with van der Waals surface area (Å²) in [5, 5.41) is 5.56. The number of carbonyl (C=O) groups excluding carboxylic acids is 2. The van der Waals surface area contributed by atoms with Gasteiger partial charge in [0, 0.05) is 17.8 Å². The van der Waals surface area contributed by atoms with E-state index in [9.17, 15) is 9.59 Å². The molecule has 96 valence electrons. The first-order chi connectivity index (χ1) is 8.36. The van der Waals surface area contributed by atoms with Crippen molar-refractivity contribution in [3.63, 3.8) is 0 Å². The Bertz CT molecular complexity index is 503. The molecular formula is C13H17N3O2. The quantitative estimate of drug-likeness (QED) is 0.735. The highest BCUT2D eigenvalue weighted by Crippen LogP contribution is 2.25. The van der Waals surface area contributed by atoms with Crippen molar-refractivity contribution in [2.75, 3.05) is 10.6 Å². The number of benzene rings is 1. The minimum absolute atomic E-state index is 0.0300. The summed E-state index contributed by atoms with van der Waals surface area (Å²) < 4.78 is 0. The predicted octanol–water partition coefficient (Wildman–Crippen LogP) is 1.25. The van der Waals surface area contributed by atoms with Crippen LogP contribution in [0, 0.1) is 0 Å². The largest absolute Gasteiger partial charge is 0.326 e. The van der Waals surface area contributed by atoms with Crippen molar-refractivity contribution < 1.29 is 9.59 Å². The highest BCUT2D eigenvalue weighted by molar-refractivity contribution is 5.98. The van der Waals surface area contributed by atoms with Gasteiger partial charge >= 0.3 is 0 Å². The lowest BCUT2D eigenvalue weighted by Crippen LogP contribution is -2.45. The lowest BCUT2D eigenvalue weighted by molar-refractivity contribution is -0.120. The zero-order chi connectivity index (χ0) is 13.3. The molecule has 0 aromatic heterocycles. The molecule has 1 heterocycles. The van der Waals surface area contributed by atoms with E-state index in [1.165, 1.54) is 0 Å². The van der Waals surface area contributed by atoms with Gasteiger partial charge in [0.2, 0.25) is 11.8 Å². The molecule has 0 unspecified atom stereocenters. The summed E-state index contributed by atoms with van der Waals surface area (Å²) in [4.78, 5) is 23.0. The van der Waals surface area contributed by atoms with E-state index in [1.807, 2.05) is 6.07 Å². The molecule has 18 heavy (non-hydrogen) atoms. The second-order valence-electron chi connectivity index (χ2n) is 5.10. The van der Waals surface area contributed by atoms with Crippen LogP contribution in [0.5, 0.6) is 0 Å². The van der Waals surface area contributed by atoms with Crippen LogP contribution in [-0.4, -0.2) is 17.4 Å². The maximum Gasteiger partial charge on any atom is 0.243 e. The van der Waals surface area contributed by atoms with Crippen molar-refractivity contribution in [1.29, 1.82) is 0 Å². The Morgan fingerprint density at radius 1 is 1.39 bits per heavy atom. The van der Waals surface area contributed by atoms with E-state index in [-0.39, 0.29) is 11.8 Å². The summed E-state index contributed by atoms with van der Waals surface area (Å²) in [6.45, 7) is 3.31. The third-order valence-electron chi connectivity index (χ3n) is 2.84. The van der Waals surface area contributed by atoms with Gasteiger partial charge in [-0.15, -0.1) is 0 Å². The number of amides is 2. The molecule has 0 spiro atoms. The normalized spacial score (nSPS) is 14.7. The van der Waals surface area contributed by atoms with Crippen LogP contribution in [-0.2, 0) is 16.0 Å². The minimum atomic E-state index is -0.913. The maximum absolute atomic E-state index is 11.7. The van der Waals surface area contributed by atoms with Crippen LogP contribution in [0.15, 0.2) is 18.2 Å². The van der Waals surface area contributed by atoms with Gasteiger partial charge in [0.1, 0.15) is 0 Å². The number of anilines is 2. The lowest BCUT2D eigenvalue weighted by Gasteiger charge is -2.20. The number of rotatable bonds is 2. The van der Waals surface area contributed by atoms with Crippen molar-refractivity contribution in [3.8, 4) is 0 Å². The third-order valence-corrected chi connectivity index (χ3v) is 2.84. The standard InChI is InChI=1S/C13H17N3O2/c1-13(2,14)12(18)15-9-4-5-10-8(7-9)3-6-11(17)16-10/h4-5,7H,3,6,14H2,1-2H3,(H,15,18)(H,16,17). The molecule has 0 aliphatic carbocycles. The molecule has 4 N–H and O–H groups in total. The highest BCUT2D eigenvalue weighted by atomic mass is 16.2. The topological polar surface area (TPSA) is 84.2 Å². The molecule has 0 saturated heterocycles. The van der Waals surface area contributed by atoms with Crippen LogP contribution < -0.4 is 16.4 Å². The fraction of sp³-hybridized carbons (Fsp3) is 0.385. The summed E-state index contributed by atoms with van der Waals surface area (Å²) in [5.41, 5.74) is 7.35. The van der Waals surface area contributed by atoms with Gasteiger partial charge in [-0.3, -0.25) is 9.59 Å². The Morgan fingerprint density at radius 3 is 2.78 bits per heavy atom. The minimum Gasteiger partial charge on any atom is -0.326 e. The highest BCUT2D eigenvalue weighted by Gasteiger charge is 2.22. The van der Waals surface area contributed by atoms with Crippen LogP contribution in [0.25, 0.3) is 0 Å². The smallest absolute Gasteiger partial charge is 0.243 e. The zero-order valence-electron chi connectivity index (χ0n) is 10.5. The molecule has 2 rings (SSSR count). The molecule has 1 aliphatic rings. The second-order valence-corrected chi connectivity index (χ2v) is 5.10. The molecule has 1 aromatic rings. The fourth-order valence-electron chi connectivity index (χ4n) is 1.75. The predicted molar refractivity (Wildman–Crippen MR) is 70.3 cm³/mol. The molecule has 0 bridgehead atoms. The molecule has 2 amide bonds. The number of hydrogen-bond donors (Lipinski definition) is 3.